The Hall–Kier alpha value is -3.55. The number of carbonyl (C=O) groups excluding carboxylic acids is 1. The summed E-state index contributed by atoms with van der Waals surface area (Å²) in [5.41, 5.74) is 2.11. The SMILES string of the molecule is COc1ccc(N2CCN(C(=O)C3CCN(c4nc(-c5ccccc5)no4)CC3)CC2)cc1. The Morgan fingerprint density at radius 1 is 0.909 bits per heavy atom. The highest BCUT2D eigenvalue weighted by Gasteiger charge is 2.32. The number of carbonyl (C=O) groups is 1. The van der Waals surface area contributed by atoms with Crippen LogP contribution in [0.4, 0.5) is 11.7 Å². The quantitative estimate of drug-likeness (QED) is 0.594. The molecule has 0 aliphatic carbocycles. The van der Waals surface area contributed by atoms with E-state index < -0.39 is 0 Å². The first-order valence-electron chi connectivity index (χ1n) is 11.5. The molecule has 3 aromatic rings. The number of amides is 1. The highest BCUT2D eigenvalue weighted by atomic mass is 16.5. The number of rotatable bonds is 5. The van der Waals surface area contributed by atoms with Crippen LogP contribution >= 0.6 is 0 Å². The van der Waals surface area contributed by atoms with E-state index in [4.69, 9.17) is 9.26 Å². The molecule has 0 N–H and O–H groups in total. The largest absolute Gasteiger partial charge is 0.497 e. The number of nitrogens with zero attached hydrogens (tertiary/aromatic N) is 5. The van der Waals surface area contributed by atoms with Crippen molar-refractivity contribution in [2.24, 2.45) is 5.92 Å². The molecule has 5 rings (SSSR count). The van der Waals surface area contributed by atoms with Crippen molar-refractivity contribution in [3.05, 3.63) is 54.6 Å². The minimum absolute atomic E-state index is 0.0605. The van der Waals surface area contributed by atoms with Gasteiger partial charge in [-0.05, 0) is 37.1 Å². The first-order valence-corrected chi connectivity index (χ1v) is 11.5. The topological polar surface area (TPSA) is 74.9 Å². The van der Waals surface area contributed by atoms with E-state index in [0.717, 1.165) is 63.4 Å². The van der Waals surface area contributed by atoms with Gasteiger partial charge in [0, 0.05) is 56.4 Å². The van der Waals surface area contributed by atoms with Crippen LogP contribution in [0.15, 0.2) is 59.1 Å². The summed E-state index contributed by atoms with van der Waals surface area (Å²) in [7, 11) is 1.67. The van der Waals surface area contributed by atoms with Crippen molar-refractivity contribution < 1.29 is 14.1 Å². The third-order valence-corrected chi connectivity index (χ3v) is 6.59. The van der Waals surface area contributed by atoms with E-state index in [9.17, 15) is 4.79 Å². The number of piperidine rings is 1. The summed E-state index contributed by atoms with van der Waals surface area (Å²) >= 11 is 0. The van der Waals surface area contributed by atoms with Crippen LogP contribution in [0.25, 0.3) is 11.4 Å². The van der Waals surface area contributed by atoms with Gasteiger partial charge in [-0.15, -0.1) is 0 Å². The van der Waals surface area contributed by atoms with Gasteiger partial charge in [-0.1, -0.05) is 35.5 Å². The molecule has 0 radical (unpaired) electrons. The Morgan fingerprint density at radius 3 is 2.27 bits per heavy atom. The zero-order valence-electron chi connectivity index (χ0n) is 18.9. The van der Waals surface area contributed by atoms with E-state index in [1.807, 2.05) is 47.4 Å². The first kappa shape index (κ1) is 21.3. The molecule has 2 aromatic carbocycles. The Kier molecular flexibility index (Phi) is 6.15. The number of ether oxygens (including phenoxy) is 1. The van der Waals surface area contributed by atoms with E-state index in [0.29, 0.717) is 11.8 Å². The van der Waals surface area contributed by atoms with Gasteiger partial charge >= 0.3 is 6.01 Å². The molecule has 0 unspecified atom stereocenters. The number of anilines is 2. The van der Waals surface area contributed by atoms with E-state index in [2.05, 4.69) is 32.1 Å². The third kappa shape index (κ3) is 4.65. The lowest BCUT2D eigenvalue weighted by Gasteiger charge is -2.39. The zero-order chi connectivity index (χ0) is 22.6. The molecule has 0 spiro atoms. The van der Waals surface area contributed by atoms with Crippen LogP contribution in [0.1, 0.15) is 12.8 Å². The maximum Gasteiger partial charge on any atom is 0.324 e. The predicted molar refractivity (Wildman–Crippen MR) is 126 cm³/mol. The summed E-state index contributed by atoms with van der Waals surface area (Å²) in [6, 6.07) is 18.5. The minimum atomic E-state index is 0.0605. The third-order valence-electron chi connectivity index (χ3n) is 6.59. The molecule has 3 heterocycles. The molecule has 8 nitrogen and oxygen atoms in total. The fourth-order valence-corrected chi connectivity index (χ4v) is 4.60. The van der Waals surface area contributed by atoms with Gasteiger partial charge in [-0.3, -0.25) is 4.79 Å². The maximum absolute atomic E-state index is 13.1. The molecule has 2 aliphatic rings. The maximum atomic E-state index is 13.1. The number of hydrogen-bond donors (Lipinski definition) is 0. The van der Waals surface area contributed by atoms with E-state index in [-0.39, 0.29) is 11.8 Å². The van der Waals surface area contributed by atoms with Gasteiger partial charge in [0.1, 0.15) is 5.75 Å². The lowest BCUT2D eigenvalue weighted by molar-refractivity contribution is -0.136. The van der Waals surface area contributed by atoms with Crippen LogP contribution in [0.5, 0.6) is 5.75 Å². The van der Waals surface area contributed by atoms with Crippen molar-refractivity contribution in [2.45, 2.75) is 12.8 Å². The molecule has 0 saturated carbocycles. The zero-order valence-corrected chi connectivity index (χ0v) is 18.9. The lowest BCUT2D eigenvalue weighted by atomic mass is 9.95. The van der Waals surface area contributed by atoms with Crippen LogP contribution in [0, 0.1) is 5.92 Å². The van der Waals surface area contributed by atoms with Gasteiger partial charge in [0.15, 0.2) is 0 Å². The molecule has 172 valence electrons. The number of piperazine rings is 1. The molecule has 33 heavy (non-hydrogen) atoms. The molecular formula is C25H29N5O3. The van der Waals surface area contributed by atoms with Crippen molar-refractivity contribution in [1.82, 2.24) is 15.0 Å². The second-order valence-electron chi connectivity index (χ2n) is 8.54. The van der Waals surface area contributed by atoms with Gasteiger partial charge in [-0.25, -0.2) is 0 Å². The van der Waals surface area contributed by atoms with Crippen molar-refractivity contribution >= 4 is 17.6 Å². The molecule has 0 atom stereocenters. The first-order chi connectivity index (χ1) is 16.2. The summed E-state index contributed by atoms with van der Waals surface area (Å²) < 4.78 is 10.7. The van der Waals surface area contributed by atoms with Crippen molar-refractivity contribution in [3.8, 4) is 17.1 Å². The van der Waals surface area contributed by atoms with E-state index in [1.54, 1.807) is 7.11 Å². The van der Waals surface area contributed by atoms with Crippen molar-refractivity contribution in [3.63, 3.8) is 0 Å². The summed E-state index contributed by atoms with van der Waals surface area (Å²) in [6.07, 6.45) is 1.61. The average molecular weight is 448 g/mol. The highest BCUT2D eigenvalue weighted by molar-refractivity contribution is 5.79. The standard InChI is InChI=1S/C25H29N5O3/c1-32-22-9-7-21(8-10-22)28-15-17-29(18-16-28)24(31)20-11-13-30(14-12-20)25-26-23(27-33-25)19-5-3-2-4-6-19/h2-10,20H,11-18H2,1H3. The number of hydrogen-bond acceptors (Lipinski definition) is 7. The van der Waals surface area contributed by atoms with Crippen molar-refractivity contribution in [1.29, 1.82) is 0 Å². The fourth-order valence-electron chi connectivity index (χ4n) is 4.60. The monoisotopic (exact) mass is 447 g/mol. The molecule has 2 aliphatic heterocycles. The normalized spacial score (nSPS) is 17.3. The second-order valence-corrected chi connectivity index (χ2v) is 8.54. The second kappa shape index (κ2) is 9.52. The van der Waals surface area contributed by atoms with Crippen LogP contribution in [0.2, 0.25) is 0 Å². The summed E-state index contributed by atoms with van der Waals surface area (Å²) in [4.78, 5) is 24.1. The Morgan fingerprint density at radius 2 is 1.61 bits per heavy atom. The fraction of sp³-hybridized carbons (Fsp3) is 0.400. The highest BCUT2D eigenvalue weighted by Crippen LogP contribution is 2.27. The number of methoxy groups -OCH3 is 1. The van der Waals surface area contributed by atoms with E-state index in [1.165, 1.54) is 5.69 Å². The molecule has 2 saturated heterocycles. The predicted octanol–water partition coefficient (Wildman–Crippen LogP) is 3.31. The molecule has 1 aromatic heterocycles. The molecule has 8 heteroatoms. The van der Waals surface area contributed by atoms with Gasteiger partial charge in [0.25, 0.3) is 0 Å². The van der Waals surface area contributed by atoms with Gasteiger partial charge in [-0.2, -0.15) is 4.98 Å². The van der Waals surface area contributed by atoms with Crippen molar-refractivity contribution in [2.75, 3.05) is 56.2 Å². The molecule has 0 bridgehead atoms. The van der Waals surface area contributed by atoms with Crippen LogP contribution < -0.4 is 14.5 Å². The van der Waals surface area contributed by atoms with Gasteiger partial charge in [0.2, 0.25) is 11.7 Å². The lowest BCUT2D eigenvalue weighted by Crippen LogP contribution is -2.51. The molecule has 2 fully saturated rings. The number of aromatic nitrogens is 2. The Bertz CT molecular complexity index is 1050. The molecular weight excluding hydrogens is 418 g/mol. The summed E-state index contributed by atoms with van der Waals surface area (Å²) in [5, 5.41) is 4.12. The van der Waals surface area contributed by atoms with Crippen LogP contribution in [-0.4, -0.2) is 67.3 Å². The molecule has 1 amide bonds. The van der Waals surface area contributed by atoms with Crippen LogP contribution in [0.3, 0.4) is 0 Å². The Labute approximate surface area is 193 Å². The minimum Gasteiger partial charge on any atom is -0.497 e. The van der Waals surface area contributed by atoms with Crippen LogP contribution in [-0.2, 0) is 4.79 Å². The van der Waals surface area contributed by atoms with E-state index >= 15 is 0 Å². The summed E-state index contributed by atoms with van der Waals surface area (Å²) in [5.74, 6) is 1.79. The van der Waals surface area contributed by atoms with Gasteiger partial charge in [0.05, 0.1) is 7.11 Å². The Balaban J connectivity index is 1.12. The summed E-state index contributed by atoms with van der Waals surface area (Å²) in [6.45, 7) is 4.71. The smallest absolute Gasteiger partial charge is 0.324 e. The number of benzene rings is 2. The average Bonchev–Trinajstić information content (AvgIpc) is 3.40. The van der Waals surface area contributed by atoms with Gasteiger partial charge < -0.3 is 24.0 Å².